The number of nitrogens with zero attached hydrogens (tertiary/aromatic N) is 3. The van der Waals surface area contributed by atoms with Gasteiger partial charge in [-0.15, -0.1) is 0 Å². The lowest BCUT2D eigenvalue weighted by atomic mass is 10.0. The minimum atomic E-state index is -0.497. The van der Waals surface area contributed by atoms with E-state index in [2.05, 4.69) is 5.32 Å². The fraction of sp³-hybridized carbons (Fsp3) is 0.483. The van der Waals surface area contributed by atoms with Crippen LogP contribution >= 0.6 is 0 Å². The van der Waals surface area contributed by atoms with Crippen LogP contribution in [0.1, 0.15) is 56.6 Å². The van der Waals surface area contributed by atoms with E-state index < -0.39 is 6.09 Å². The molecule has 1 fully saturated rings. The second-order valence-electron chi connectivity index (χ2n) is 10.2. The van der Waals surface area contributed by atoms with Gasteiger partial charge in [-0.05, 0) is 82.6 Å². The summed E-state index contributed by atoms with van der Waals surface area (Å²) >= 11 is 0. The summed E-state index contributed by atoms with van der Waals surface area (Å²) in [7, 11) is 5.50. The maximum atomic E-state index is 12.7. The summed E-state index contributed by atoms with van der Waals surface area (Å²) in [6.45, 7) is 2.83. The number of amides is 2. The first-order chi connectivity index (χ1) is 18.3. The second kappa shape index (κ2) is 12.8. The third-order valence-electron chi connectivity index (χ3n) is 6.66. The zero-order chi connectivity index (χ0) is 27.1. The number of likely N-dealkylation sites (N-methyl/N-ethyl adjacent to an activating group) is 1. The molecule has 2 aliphatic rings. The summed E-state index contributed by atoms with van der Waals surface area (Å²) in [4.78, 5) is 26.8. The minimum absolute atomic E-state index is 0.0228. The first kappa shape index (κ1) is 27.4. The maximum Gasteiger partial charge on any atom is 0.411 e. The molecule has 1 saturated carbocycles. The van der Waals surface area contributed by atoms with Crippen molar-refractivity contribution < 1.29 is 23.8 Å². The molecule has 4 rings (SSSR count). The van der Waals surface area contributed by atoms with Crippen molar-refractivity contribution >= 4 is 23.4 Å². The van der Waals surface area contributed by atoms with Gasteiger partial charge in [-0.2, -0.15) is 5.10 Å². The first-order valence-corrected chi connectivity index (χ1v) is 13.2. The zero-order valence-corrected chi connectivity index (χ0v) is 22.7. The zero-order valence-electron chi connectivity index (χ0n) is 22.7. The number of anilines is 1. The van der Waals surface area contributed by atoms with E-state index in [1.54, 1.807) is 19.2 Å². The minimum Gasteiger partial charge on any atom is -0.493 e. The summed E-state index contributed by atoms with van der Waals surface area (Å²) in [6, 6.07) is 13.2. The molecule has 0 aromatic heterocycles. The quantitative estimate of drug-likeness (QED) is 0.470. The average Bonchev–Trinajstić information content (AvgIpc) is 3.39. The third kappa shape index (κ3) is 7.47. The molecule has 0 bridgehead atoms. The van der Waals surface area contributed by atoms with Gasteiger partial charge in [-0.1, -0.05) is 12.1 Å². The number of nitrogens with one attached hydrogen (secondary N) is 1. The molecular formula is C29H38N4O5. The van der Waals surface area contributed by atoms with E-state index in [0.717, 1.165) is 35.4 Å². The van der Waals surface area contributed by atoms with Gasteiger partial charge in [0.05, 0.1) is 25.5 Å². The lowest BCUT2D eigenvalue weighted by Crippen LogP contribution is -2.31. The number of ether oxygens (including phenoxy) is 3. The van der Waals surface area contributed by atoms with Crippen molar-refractivity contribution in [2.24, 2.45) is 5.10 Å². The van der Waals surface area contributed by atoms with Crippen molar-refractivity contribution in [2.75, 3.05) is 33.1 Å². The maximum absolute atomic E-state index is 12.7. The van der Waals surface area contributed by atoms with E-state index in [1.165, 1.54) is 17.9 Å². The van der Waals surface area contributed by atoms with Gasteiger partial charge in [0.15, 0.2) is 11.5 Å². The second-order valence-corrected chi connectivity index (χ2v) is 10.2. The monoisotopic (exact) mass is 522 g/mol. The van der Waals surface area contributed by atoms with Crippen LogP contribution in [0.4, 0.5) is 10.5 Å². The van der Waals surface area contributed by atoms with Crippen LogP contribution in [0.5, 0.6) is 11.5 Å². The Kier molecular flexibility index (Phi) is 9.23. The number of carbonyl (C=O) groups is 2. The highest BCUT2D eigenvalue weighted by Crippen LogP contribution is 2.33. The molecule has 1 atom stereocenters. The Bertz CT molecular complexity index is 1140. The van der Waals surface area contributed by atoms with Gasteiger partial charge in [0.1, 0.15) is 6.10 Å². The number of hydrazone groups is 1. The van der Waals surface area contributed by atoms with Gasteiger partial charge in [-0.3, -0.25) is 10.1 Å². The molecule has 1 unspecified atom stereocenters. The lowest BCUT2D eigenvalue weighted by molar-refractivity contribution is -0.132. The number of benzene rings is 2. The number of carbonyl (C=O) groups excluding carboxylic acids is 2. The highest BCUT2D eigenvalue weighted by molar-refractivity contribution is 6.04. The molecule has 2 aromatic carbocycles. The van der Waals surface area contributed by atoms with Crippen LogP contribution in [0.25, 0.3) is 0 Å². The molecule has 2 aromatic rings. The van der Waals surface area contributed by atoms with Crippen molar-refractivity contribution in [3.8, 4) is 11.5 Å². The van der Waals surface area contributed by atoms with E-state index in [4.69, 9.17) is 19.3 Å². The molecule has 2 amide bonds. The van der Waals surface area contributed by atoms with Crippen LogP contribution in [0, 0.1) is 0 Å². The predicted molar refractivity (Wildman–Crippen MR) is 147 cm³/mol. The molecule has 204 valence electrons. The van der Waals surface area contributed by atoms with Crippen molar-refractivity contribution in [1.29, 1.82) is 0 Å². The molecular weight excluding hydrogens is 484 g/mol. The van der Waals surface area contributed by atoms with Crippen molar-refractivity contribution in [3.63, 3.8) is 0 Å². The van der Waals surface area contributed by atoms with Crippen molar-refractivity contribution in [2.45, 2.75) is 64.2 Å². The highest BCUT2D eigenvalue weighted by atomic mass is 16.6. The summed E-state index contributed by atoms with van der Waals surface area (Å²) < 4.78 is 17.1. The Balaban J connectivity index is 1.41. The van der Waals surface area contributed by atoms with Gasteiger partial charge in [0.25, 0.3) is 0 Å². The number of hydrogen-bond donors (Lipinski definition) is 1. The molecule has 38 heavy (non-hydrogen) atoms. The largest absolute Gasteiger partial charge is 0.493 e. The average molecular weight is 523 g/mol. The number of hydrogen-bond acceptors (Lipinski definition) is 7. The highest BCUT2D eigenvalue weighted by Gasteiger charge is 2.24. The molecule has 0 radical (unpaired) electrons. The number of rotatable bonds is 10. The Labute approximate surface area is 224 Å². The molecule has 1 aliphatic heterocycles. The molecule has 0 saturated heterocycles. The summed E-state index contributed by atoms with van der Waals surface area (Å²) in [5.74, 6) is 1.40. The summed E-state index contributed by atoms with van der Waals surface area (Å²) in [6.07, 6.45) is 4.94. The fourth-order valence-corrected chi connectivity index (χ4v) is 4.81. The molecule has 0 spiro atoms. The van der Waals surface area contributed by atoms with Gasteiger partial charge in [0.2, 0.25) is 5.91 Å². The van der Waals surface area contributed by atoms with E-state index in [9.17, 15) is 9.59 Å². The van der Waals surface area contributed by atoms with Crippen molar-refractivity contribution in [1.82, 2.24) is 9.91 Å². The van der Waals surface area contributed by atoms with Crippen LogP contribution in [-0.4, -0.2) is 67.6 Å². The Morgan fingerprint density at radius 1 is 1.11 bits per heavy atom. The molecule has 1 N–H and O–H groups in total. The van der Waals surface area contributed by atoms with Crippen LogP contribution in [0.3, 0.4) is 0 Å². The van der Waals surface area contributed by atoms with Crippen LogP contribution in [0.15, 0.2) is 47.6 Å². The van der Waals surface area contributed by atoms with Gasteiger partial charge in [-0.25, -0.2) is 9.80 Å². The topological polar surface area (TPSA) is 92.7 Å². The molecule has 9 heteroatoms. The van der Waals surface area contributed by atoms with Gasteiger partial charge < -0.3 is 19.1 Å². The van der Waals surface area contributed by atoms with Gasteiger partial charge >= 0.3 is 6.09 Å². The standard InChI is InChI=1S/C29H38N4O5/c1-20(18-32(2)3)37-29(35)30-23-12-9-21(10-13-23)19-33-28(34)16-14-25(31-33)22-11-15-26(36-4)27(17-22)38-24-7-5-6-8-24/h9-13,15,17,20,24H,5-8,14,16,18-19H2,1-4H3,(H,30,35). The first-order valence-electron chi connectivity index (χ1n) is 13.2. The number of methoxy groups -OCH3 is 1. The van der Waals surface area contributed by atoms with E-state index >= 15 is 0 Å². The Morgan fingerprint density at radius 2 is 1.84 bits per heavy atom. The molecule has 1 heterocycles. The van der Waals surface area contributed by atoms with E-state index in [1.807, 2.05) is 56.3 Å². The smallest absolute Gasteiger partial charge is 0.411 e. The molecule has 9 nitrogen and oxygen atoms in total. The summed E-state index contributed by atoms with van der Waals surface area (Å²) in [5, 5.41) is 8.95. The third-order valence-corrected chi connectivity index (χ3v) is 6.66. The Hall–Kier alpha value is -3.59. The normalized spacial score (nSPS) is 16.8. The predicted octanol–water partition coefficient (Wildman–Crippen LogP) is 5.04. The van der Waals surface area contributed by atoms with Crippen LogP contribution < -0.4 is 14.8 Å². The van der Waals surface area contributed by atoms with Crippen LogP contribution in [0.2, 0.25) is 0 Å². The SMILES string of the molecule is COc1ccc(C2=NN(Cc3ccc(NC(=O)OC(C)CN(C)C)cc3)C(=O)CC2)cc1OC1CCCC1. The Morgan fingerprint density at radius 3 is 2.53 bits per heavy atom. The van der Waals surface area contributed by atoms with E-state index in [-0.39, 0.29) is 18.1 Å². The van der Waals surface area contributed by atoms with E-state index in [0.29, 0.717) is 37.4 Å². The lowest BCUT2D eigenvalue weighted by Gasteiger charge is -2.24. The van der Waals surface area contributed by atoms with Crippen molar-refractivity contribution in [3.05, 3.63) is 53.6 Å². The van der Waals surface area contributed by atoms with Gasteiger partial charge in [0, 0.05) is 30.6 Å². The summed E-state index contributed by atoms with van der Waals surface area (Å²) in [5.41, 5.74) is 3.30. The molecule has 1 aliphatic carbocycles. The fourth-order valence-electron chi connectivity index (χ4n) is 4.81. The van der Waals surface area contributed by atoms with Crippen LogP contribution in [-0.2, 0) is 16.1 Å².